The predicted octanol–water partition coefficient (Wildman–Crippen LogP) is 2.60. The van der Waals surface area contributed by atoms with Crippen molar-refractivity contribution in [2.75, 3.05) is 16.8 Å². The molecule has 25 heavy (non-hydrogen) atoms. The van der Waals surface area contributed by atoms with Crippen LogP contribution in [0.2, 0.25) is 0 Å². The zero-order valence-electron chi connectivity index (χ0n) is 13.7. The molecule has 0 bridgehead atoms. The van der Waals surface area contributed by atoms with Crippen molar-refractivity contribution in [3.63, 3.8) is 0 Å². The number of thiophene rings is 1. The van der Waals surface area contributed by atoms with E-state index < -0.39 is 18.0 Å². The fourth-order valence-electron chi connectivity index (χ4n) is 2.64. The molecule has 0 unspecified atom stereocenters. The second-order valence-corrected chi connectivity index (χ2v) is 6.53. The molecule has 2 amide bonds. The largest absolute Gasteiger partial charge is 0.453 e. The normalized spacial score (nSPS) is 14.4. The van der Waals surface area contributed by atoms with Gasteiger partial charge < -0.3 is 10.1 Å². The van der Waals surface area contributed by atoms with Gasteiger partial charge in [-0.1, -0.05) is 12.1 Å². The minimum Gasteiger partial charge on any atom is -0.453 e. The van der Waals surface area contributed by atoms with E-state index in [0.29, 0.717) is 17.8 Å². The number of hydrogen-bond acceptors (Lipinski definition) is 5. The molecule has 1 atom stereocenters. The van der Waals surface area contributed by atoms with Gasteiger partial charge in [0, 0.05) is 6.42 Å². The number of ether oxygens (including phenoxy) is 1. The highest BCUT2D eigenvalue weighted by Gasteiger charge is 2.31. The number of aryl methyl sites for hydroxylation is 1. The monoisotopic (exact) mass is 358 g/mol. The number of anilines is 2. The van der Waals surface area contributed by atoms with E-state index in [0.717, 1.165) is 5.56 Å². The van der Waals surface area contributed by atoms with E-state index in [1.165, 1.54) is 11.8 Å². The molecule has 2 aromatic rings. The van der Waals surface area contributed by atoms with Crippen LogP contribution >= 0.6 is 11.3 Å². The second kappa shape index (κ2) is 7.48. The molecule has 0 spiro atoms. The molecule has 1 N–H and O–H groups in total. The Balaban J connectivity index is 1.62. The highest BCUT2D eigenvalue weighted by atomic mass is 32.1. The maximum Gasteiger partial charge on any atom is 0.306 e. The third-order valence-electron chi connectivity index (χ3n) is 3.89. The van der Waals surface area contributed by atoms with Gasteiger partial charge in [-0.15, -0.1) is 0 Å². The molecule has 3 rings (SSSR count). The van der Waals surface area contributed by atoms with Gasteiger partial charge in [-0.2, -0.15) is 11.3 Å². The number of para-hydroxylation sites is 2. The first-order valence-electron chi connectivity index (χ1n) is 7.95. The summed E-state index contributed by atoms with van der Waals surface area (Å²) in [7, 11) is 0. The Morgan fingerprint density at radius 3 is 2.88 bits per heavy atom. The van der Waals surface area contributed by atoms with Gasteiger partial charge in [0.15, 0.2) is 6.10 Å². The summed E-state index contributed by atoms with van der Waals surface area (Å²) in [6.45, 7) is 1.44. The quantitative estimate of drug-likeness (QED) is 0.834. The number of rotatable bonds is 5. The molecule has 0 aliphatic carbocycles. The smallest absolute Gasteiger partial charge is 0.306 e. The van der Waals surface area contributed by atoms with Crippen LogP contribution in [0.4, 0.5) is 11.4 Å². The van der Waals surface area contributed by atoms with Crippen molar-refractivity contribution in [3.05, 3.63) is 46.7 Å². The summed E-state index contributed by atoms with van der Waals surface area (Å²) in [5.74, 6) is -1.11. The van der Waals surface area contributed by atoms with Gasteiger partial charge in [-0.05, 0) is 47.9 Å². The average Bonchev–Trinajstić information content (AvgIpc) is 3.12. The van der Waals surface area contributed by atoms with Crippen LogP contribution < -0.4 is 10.2 Å². The number of benzene rings is 1. The van der Waals surface area contributed by atoms with Gasteiger partial charge >= 0.3 is 5.97 Å². The average molecular weight is 358 g/mol. The molecule has 1 aliphatic rings. The van der Waals surface area contributed by atoms with Crippen LogP contribution in [0, 0.1) is 0 Å². The SMILES string of the molecule is C[C@H](OC(=O)CCc1ccsc1)C(=O)N1CC(=O)Nc2ccccc21. The van der Waals surface area contributed by atoms with Crippen molar-refractivity contribution >= 4 is 40.5 Å². The van der Waals surface area contributed by atoms with Gasteiger partial charge in [0.05, 0.1) is 11.4 Å². The second-order valence-electron chi connectivity index (χ2n) is 5.75. The molecule has 0 saturated heterocycles. The first-order chi connectivity index (χ1) is 12.0. The van der Waals surface area contributed by atoms with E-state index in [-0.39, 0.29) is 18.9 Å². The van der Waals surface area contributed by atoms with Gasteiger partial charge in [0.25, 0.3) is 5.91 Å². The van der Waals surface area contributed by atoms with Gasteiger partial charge in [0.2, 0.25) is 5.91 Å². The number of esters is 1. The lowest BCUT2D eigenvalue weighted by atomic mass is 10.1. The lowest BCUT2D eigenvalue weighted by Gasteiger charge is -2.30. The maximum absolute atomic E-state index is 12.6. The van der Waals surface area contributed by atoms with Crippen LogP contribution in [0.1, 0.15) is 18.9 Å². The van der Waals surface area contributed by atoms with Crippen molar-refractivity contribution in [1.29, 1.82) is 0 Å². The molecule has 1 aromatic carbocycles. The van der Waals surface area contributed by atoms with E-state index in [9.17, 15) is 14.4 Å². The van der Waals surface area contributed by atoms with Crippen molar-refractivity contribution < 1.29 is 19.1 Å². The minimum atomic E-state index is -0.950. The van der Waals surface area contributed by atoms with Gasteiger partial charge in [-0.3, -0.25) is 19.3 Å². The van der Waals surface area contributed by atoms with Crippen LogP contribution in [-0.2, 0) is 25.5 Å². The van der Waals surface area contributed by atoms with E-state index in [4.69, 9.17) is 4.74 Å². The van der Waals surface area contributed by atoms with Crippen LogP contribution in [0.3, 0.4) is 0 Å². The Labute approximate surface area is 149 Å². The number of carbonyl (C=O) groups excluding carboxylic acids is 3. The Bertz CT molecular complexity index is 788. The summed E-state index contributed by atoms with van der Waals surface area (Å²) in [5.41, 5.74) is 2.25. The highest BCUT2D eigenvalue weighted by Crippen LogP contribution is 2.29. The van der Waals surface area contributed by atoms with Crippen LogP contribution in [0.25, 0.3) is 0 Å². The Hall–Kier alpha value is -2.67. The Morgan fingerprint density at radius 2 is 2.12 bits per heavy atom. The first kappa shape index (κ1) is 17.2. The zero-order chi connectivity index (χ0) is 17.8. The minimum absolute atomic E-state index is 0.0906. The van der Waals surface area contributed by atoms with Gasteiger partial charge in [-0.25, -0.2) is 0 Å². The first-order valence-corrected chi connectivity index (χ1v) is 8.89. The zero-order valence-corrected chi connectivity index (χ0v) is 14.5. The third kappa shape index (κ3) is 4.06. The topological polar surface area (TPSA) is 75.7 Å². The number of nitrogens with one attached hydrogen (secondary N) is 1. The van der Waals surface area contributed by atoms with Gasteiger partial charge in [0.1, 0.15) is 6.54 Å². The van der Waals surface area contributed by atoms with Crippen LogP contribution in [0.5, 0.6) is 0 Å². The fourth-order valence-corrected chi connectivity index (χ4v) is 3.34. The predicted molar refractivity (Wildman–Crippen MR) is 95.6 cm³/mol. The summed E-state index contributed by atoms with van der Waals surface area (Å²) in [6, 6.07) is 8.99. The van der Waals surface area contributed by atoms with E-state index in [1.807, 2.05) is 16.8 Å². The van der Waals surface area contributed by atoms with Crippen molar-refractivity contribution in [3.8, 4) is 0 Å². The molecule has 0 fully saturated rings. The number of fused-ring (bicyclic) bond motifs is 1. The summed E-state index contributed by atoms with van der Waals surface area (Å²) in [5, 5.41) is 6.65. The maximum atomic E-state index is 12.6. The number of hydrogen-bond donors (Lipinski definition) is 1. The molecular formula is C18H18N2O4S. The summed E-state index contributed by atoms with van der Waals surface area (Å²) in [6.07, 6.45) is -0.155. The molecule has 6 nitrogen and oxygen atoms in total. The molecule has 1 aromatic heterocycles. The van der Waals surface area contributed by atoms with Crippen molar-refractivity contribution in [2.24, 2.45) is 0 Å². The summed E-state index contributed by atoms with van der Waals surface area (Å²) < 4.78 is 5.26. The molecule has 130 valence electrons. The molecule has 0 radical (unpaired) electrons. The van der Waals surface area contributed by atoms with Crippen LogP contribution in [0.15, 0.2) is 41.1 Å². The van der Waals surface area contributed by atoms with Crippen LogP contribution in [-0.4, -0.2) is 30.4 Å². The molecule has 1 aliphatic heterocycles. The Morgan fingerprint density at radius 1 is 1.32 bits per heavy atom. The number of carbonyl (C=O) groups is 3. The summed E-state index contributed by atoms with van der Waals surface area (Å²) >= 11 is 1.57. The Kier molecular flexibility index (Phi) is 5.14. The molecule has 7 heteroatoms. The molecule has 0 saturated carbocycles. The van der Waals surface area contributed by atoms with E-state index in [2.05, 4.69) is 5.32 Å². The van der Waals surface area contributed by atoms with E-state index >= 15 is 0 Å². The lowest BCUT2D eigenvalue weighted by Crippen LogP contribution is -2.47. The lowest BCUT2D eigenvalue weighted by molar-refractivity contribution is -0.153. The van der Waals surface area contributed by atoms with Crippen molar-refractivity contribution in [1.82, 2.24) is 0 Å². The fraction of sp³-hybridized carbons (Fsp3) is 0.278. The summed E-state index contributed by atoms with van der Waals surface area (Å²) in [4.78, 5) is 37.8. The standard InChI is InChI=1S/C18H18N2O4S/c1-12(24-17(22)7-6-13-8-9-25-11-13)18(23)20-10-16(21)19-14-4-2-3-5-15(14)20/h2-5,8-9,11-12H,6-7,10H2,1H3,(H,19,21)/t12-/m0/s1. The molecular weight excluding hydrogens is 340 g/mol. The number of nitrogens with zero attached hydrogens (tertiary/aromatic N) is 1. The third-order valence-corrected chi connectivity index (χ3v) is 4.62. The molecule has 2 heterocycles. The number of amides is 2. The highest BCUT2D eigenvalue weighted by molar-refractivity contribution is 7.07. The van der Waals surface area contributed by atoms with Crippen molar-refractivity contribution in [2.45, 2.75) is 25.9 Å². The van der Waals surface area contributed by atoms with E-state index in [1.54, 1.807) is 35.6 Å².